The third-order valence-corrected chi connectivity index (χ3v) is 7.26. The molecule has 5 heteroatoms. The number of carbonyl (C=O) groups is 1. The molecule has 1 saturated heterocycles. The summed E-state index contributed by atoms with van der Waals surface area (Å²) >= 11 is 0. The molecule has 0 spiro atoms. The van der Waals surface area contributed by atoms with Crippen molar-refractivity contribution in [2.24, 2.45) is 0 Å². The highest BCUT2D eigenvalue weighted by Gasteiger charge is 2.39. The van der Waals surface area contributed by atoms with E-state index >= 15 is 0 Å². The molecule has 1 aliphatic rings. The first-order valence-corrected chi connectivity index (χ1v) is 12.5. The van der Waals surface area contributed by atoms with Gasteiger partial charge in [0.05, 0.1) is 5.56 Å². The summed E-state index contributed by atoms with van der Waals surface area (Å²) in [7, 11) is 6.23. The van der Waals surface area contributed by atoms with Crippen LogP contribution in [0.5, 0.6) is 5.75 Å². The average molecular weight is 472 g/mol. The molecular weight excluding hydrogens is 434 g/mol. The number of nitrogens with zero attached hydrogens (tertiary/aromatic N) is 2. The molecule has 0 aliphatic carbocycles. The van der Waals surface area contributed by atoms with E-state index in [1.807, 2.05) is 54.4 Å². The zero-order valence-corrected chi connectivity index (χ0v) is 21.1. The fourth-order valence-electron chi connectivity index (χ4n) is 5.13. The van der Waals surface area contributed by atoms with Crippen LogP contribution in [0.25, 0.3) is 0 Å². The summed E-state index contributed by atoms with van der Waals surface area (Å²) in [6.07, 6.45) is 2.48. The van der Waals surface area contributed by atoms with Crippen molar-refractivity contribution in [3.05, 3.63) is 102 Å². The topological polar surface area (TPSA) is 44.8 Å². The standard InChI is InChI=1S/C30H37N3O2/c1-31-21-18-27(24-12-6-4-7-13-24)35-28-17-11-10-16-26(28)29(34)33-22-19-30(20-23-33,32(2)3)25-14-8-5-9-15-25/h4-17,27,31H,18-23H2,1-3H3. The molecule has 35 heavy (non-hydrogen) atoms. The molecule has 4 rings (SSSR count). The van der Waals surface area contributed by atoms with E-state index in [4.69, 9.17) is 4.74 Å². The van der Waals surface area contributed by atoms with Crippen molar-refractivity contribution in [3.63, 3.8) is 0 Å². The van der Waals surface area contributed by atoms with Gasteiger partial charge in [-0.25, -0.2) is 0 Å². The second-order valence-corrected chi connectivity index (χ2v) is 9.49. The van der Waals surface area contributed by atoms with Gasteiger partial charge < -0.3 is 15.0 Å². The van der Waals surface area contributed by atoms with Crippen LogP contribution in [0.1, 0.15) is 46.9 Å². The van der Waals surface area contributed by atoms with E-state index in [0.29, 0.717) is 24.4 Å². The highest BCUT2D eigenvalue weighted by atomic mass is 16.5. The maximum absolute atomic E-state index is 13.7. The van der Waals surface area contributed by atoms with E-state index in [1.54, 1.807) is 0 Å². The quantitative estimate of drug-likeness (QED) is 0.471. The number of amides is 1. The van der Waals surface area contributed by atoms with E-state index in [9.17, 15) is 4.79 Å². The number of benzene rings is 3. The molecule has 1 atom stereocenters. The SMILES string of the molecule is CNCCC(Oc1ccccc1C(=O)N1CCC(c2ccccc2)(N(C)C)CC1)c1ccccc1. The number of nitrogens with one attached hydrogen (secondary N) is 1. The van der Waals surface area contributed by atoms with Gasteiger partial charge in [-0.05, 0) is 63.8 Å². The number of piperidine rings is 1. The van der Waals surface area contributed by atoms with E-state index in [1.165, 1.54) is 5.56 Å². The van der Waals surface area contributed by atoms with E-state index < -0.39 is 0 Å². The molecule has 184 valence electrons. The van der Waals surface area contributed by atoms with Crippen LogP contribution in [0.2, 0.25) is 0 Å². The largest absolute Gasteiger partial charge is 0.485 e. The third-order valence-electron chi connectivity index (χ3n) is 7.26. The Hall–Kier alpha value is -3.15. The number of hydrogen-bond donors (Lipinski definition) is 1. The predicted molar refractivity (Wildman–Crippen MR) is 142 cm³/mol. The number of para-hydroxylation sites is 1. The Balaban J connectivity index is 1.52. The molecule has 0 saturated carbocycles. The van der Waals surface area contributed by atoms with Crippen molar-refractivity contribution in [1.82, 2.24) is 15.1 Å². The van der Waals surface area contributed by atoms with Crippen molar-refractivity contribution in [2.75, 3.05) is 40.8 Å². The third kappa shape index (κ3) is 5.58. The minimum Gasteiger partial charge on any atom is -0.485 e. The van der Waals surface area contributed by atoms with Gasteiger partial charge in [0.2, 0.25) is 0 Å². The van der Waals surface area contributed by atoms with Gasteiger partial charge in [0.1, 0.15) is 11.9 Å². The molecule has 0 aromatic heterocycles. The van der Waals surface area contributed by atoms with Crippen molar-refractivity contribution in [1.29, 1.82) is 0 Å². The molecule has 1 N–H and O–H groups in total. The lowest BCUT2D eigenvalue weighted by molar-refractivity contribution is 0.0407. The molecular formula is C30H37N3O2. The second-order valence-electron chi connectivity index (χ2n) is 9.49. The van der Waals surface area contributed by atoms with Crippen LogP contribution in [-0.4, -0.2) is 56.5 Å². The summed E-state index contributed by atoms with van der Waals surface area (Å²) in [5, 5.41) is 3.21. The first-order valence-electron chi connectivity index (χ1n) is 12.5. The zero-order valence-electron chi connectivity index (χ0n) is 21.1. The Bertz CT molecular complexity index is 1080. The lowest BCUT2D eigenvalue weighted by atomic mass is 9.79. The highest BCUT2D eigenvalue weighted by Crippen LogP contribution is 2.38. The van der Waals surface area contributed by atoms with Crippen LogP contribution in [0.4, 0.5) is 0 Å². The summed E-state index contributed by atoms with van der Waals surface area (Å²) in [4.78, 5) is 18.0. The average Bonchev–Trinajstić information content (AvgIpc) is 2.92. The molecule has 1 amide bonds. The fourth-order valence-corrected chi connectivity index (χ4v) is 5.13. The Kier molecular flexibility index (Phi) is 8.21. The predicted octanol–water partition coefficient (Wildman–Crippen LogP) is 5.11. The fraction of sp³-hybridized carbons (Fsp3) is 0.367. The van der Waals surface area contributed by atoms with Gasteiger partial charge in [-0.2, -0.15) is 0 Å². The number of hydrogen-bond acceptors (Lipinski definition) is 4. The molecule has 1 aliphatic heterocycles. The van der Waals surface area contributed by atoms with Crippen LogP contribution in [0, 0.1) is 0 Å². The number of ether oxygens (including phenoxy) is 1. The maximum Gasteiger partial charge on any atom is 0.257 e. The normalized spacial score (nSPS) is 16.2. The Labute approximate surface area is 209 Å². The summed E-state index contributed by atoms with van der Waals surface area (Å²) in [6.45, 7) is 2.25. The number of carbonyl (C=O) groups excluding carboxylic acids is 1. The van der Waals surface area contributed by atoms with Gasteiger partial charge in [-0.1, -0.05) is 72.8 Å². The van der Waals surface area contributed by atoms with Gasteiger partial charge in [0.15, 0.2) is 0 Å². The molecule has 0 radical (unpaired) electrons. The van der Waals surface area contributed by atoms with Crippen molar-refractivity contribution >= 4 is 5.91 Å². The van der Waals surface area contributed by atoms with Gasteiger partial charge in [0.25, 0.3) is 5.91 Å². The first kappa shape index (κ1) is 25.0. The van der Waals surface area contributed by atoms with Crippen LogP contribution in [0.15, 0.2) is 84.9 Å². The lowest BCUT2D eigenvalue weighted by Gasteiger charge is -2.46. The van der Waals surface area contributed by atoms with E-state index in [0.717, 1.165) is 31.4 Å². The summed E-state index contributed by atoms with van der Waals surface area (Å²) < 4.78 is 6.50. The van der Waals surface area contributed by atoms with Gasteiger partial charge in [0, 0.05) is 25.0 Å². The van der Waals surface area contributed by atoms with Gasteiger partial charge in [-0.3, -0.25) is 9.69 Å². The van der Waals surface area contributed by atoms with Crippen LogP contribution in [-0.2, 0) is 5.54 Å². The highest BCUT2D eigenvalue weighted by molar-refractivity contribution is 5.97. The van der Waals surface area contributed by atoms with E-state index in [2.05, 4.69) is 66.8 Å². The Morgan fingerprint density at radius 2 is 1.54 bits per heavy atom. The minimum atomic E-state index is -0.126. The Morgan fingerprint density at radius 3 is 2.17 bits per heavy atom. The van der Waals surface area contributed by atoms with Gasteiger partial charge >= 0.3 is 0 Å². The number of rotatable bonds is 9. The molecule has 3 aromatic carbocycles. The minimum absolute atomic E-state index is 0.0430. The molecule has 1 unspecified atom stereocenters. The monoisotopic (exact) mass is 471 g/mol. The summed E-state index contributed by atoms with van der Waals surface area (Å²) in [5.74, 6) is 0.691. The van der Waals surface area contributed by atoms with Crippen molar-refractivity contribution in [2.45, 2.75) is 30.9 Å². The van der Waals surface area contributed by atoms with Crippen molar-refractivity contribution in [3.8, 4) is 5.75 Å². The van der Waals surface area contributed by atoms with Crippen LogP contribution >= 0.6 is 0 Å². The van der Waals surface area contributed by atoms with Crippen LogP contribution in [0.3, 0.4) is 0 Å². The van der Waals surface area contributed by atoms with Crippen molar-refractivity contribution < 1.29 is 9.53 Å². The molecule has 0 bridgehead atoms. The maximum atomic E-state index is 13.7. The molecule has 1 fully saturated rings. The zero-order chi connectivity index (χ0) is 24.7. The summed E-state index contributed by atoms with van der Waals surface area (Å²) in [6, 6.07) is 28.6. The van der Waals surface area contributed by atoms with E-state index in [-0.39, 0.29) is 17.6 Å². The summed E-state index contributed by atoms with van der Waals surface area (Å²) in [5.41, 5.74) is 3.01. The smallest absolute Gasteiger partial charge is 0.257 e. The molecule has 5 nitrogen and oxygen atoms in total. The molecule has 1 heterocycles. The molecule has 3 aromatic rings. The van der Waals surface area contributed by atoms with Crippen LogP contribution < -0.4 is 10.1 Å². The lowest BCUT2D eigenvalue weighted by Crippen LogP contribution is -2.51. The Morgan fingerprint density at radius 1 is 0.943 bits per heavy atom. The first-order chi connectivity index (χ1) is 17.0. The number of likely N-dealkylation sites (tertiary alicyclic amines) is 1. The second kappa shape index (κ2) is 11.5. The van der Waals surface area contributed by atoms with Gasteiger partial charge in [-0.15, -0.1) is 0 Å².